The maximum Gasteiger partial charge on any atom is 0.0317 e. The van der Waals surface area contributed by atoms with Crippen LogP contribution in [0.15, 0.2) is 24.3 Å². The van der Waals surface area contributed by atoms with Crippen LogP contribution in [0, 0.1) is 0 Å². The quantitative estimate of drug-likeness (QED) is 0.773. The number of hydrogen-bond acceptors (Lipinski definition) is 3. The van der Waals surface area contributed by atoms with Crippen molar-refractivity contribution in [1.82, 2.24) is 4.90 Å². The van der Waals surface area contributed by atoms with E-state index in [4.69, 9.17) is 5.73 Å². The predicted octanol–water partition coefficient (Wildman–Crippen LogP) is 2.84. The fourth-order valence-corrected chi connectivity index (χ4v) is 2.07. The zero-order chi connectivity index (χ0) is 12.0. The molecular formula is C13H22N2S. The standard InChI is InChI=1S/C13H22N2S/c1-11(2)15(7-8-16-3)10-12-5-4-6-13(14)9-12/h4-6,9,11H,7-8,10,14H2,1-3H3. The van der Waals surface area contributed by atoms with Gasteiger partial charge in [0.2, 0.25) is 0 Å². The highest BCUT2D eigenvalue weighted by molar-refractivity contribution is 7.98. The Morgan fingerprint density at radius 1 is 1.38 bits per heavy atom. The van der Waals surface area contributed by atoms with Crippen molar-refractivity contribution in [2.24, 2.45) is 0 Å². The Labute approximate surface area is 103 Å². The van der Waals surface area contributed by atoms with E-state index >= 15 is 0 Å². The van der Waals surface area contributed by atoms with Gasteiger partial charge in [0.25, 0.3) is 0 Å². The molecular weight excluding hydrogens is 216 g/mol. The Kier molecular flexibility index (Phi) is 5.71. The summed E-state index contributed by atoms with van der Waals surface area (Å²) in [6.07, 6.45) is 2.15. The van der Waals surface area contributed by atoms with Crippen molar-refractivity contribution < 1.29 is 0 Å². The number of nitrogen functional groups attached to an aromatic ring is 1. The van der Waals surface area contributed by atoms with E-state index in [2.05, 4.69) is 37.1 Å². The van der Waals surface area contributed by atoms with Gasteiger partial charge >= 0.3 is 0 Å². The molecule has 1 rings (SSSR count). The fraction of sp³-hybridized carbons (Fsp3) is 0.538. The van der Waals surface area contributed by atoms with Gasteiger partial charge in [0.15, 0.2) is 0 Å². The number of benzene rings is 1. The summed E-state index contributed by atoms with van der Waals surface area (Å²) in [5, 5.41) is 0. The molecule has 0 unspecified atom stereocenters. The molecule has 1 aromatic rings. The van der Waals surface area contributed by atoms with Gasteiger partial charge in [-0.1, -0.05) is 12.1 Å². The van der Waals surface area contributed by atoms with E-state index in [1.165, 1.54) is 11.3 Å². The molecule has 0 spiro atoms. The van der Waals surface area contributed by atoms with Crippen molar-refractivity contribution in [3.05, 3.63) is 29.8 Å². The summed E-state index contributed by atoms with van der Waals surface area (Å²) in [6.45, 7) is 6.61. The number of rotatable bonds is 6. The number of hydrogen-bond donors (Lipinski definition) is 1. The van der Waals surface area contributed by atoms with E-state index in [0.29, 0.717) is 6.04 Å². The minimum absolute atomic E-state index is 0.577. The topological polar surface area (TPSA) is 29.3 Å². The molecule has 2 N–H and O–H groups in total. The first-order valence-electron chi connectivity index (χ1n) is 5.71. The zero-order valence-electron chi connectivity index (χ0n) is 10.4. The minimum Gasteiger partial charge on any atom is -0.399 e. The van der Waals surface area contributed by atoms with Crippen LogP contribution < -0.4 is 5.73 Å². The molecule has 0 bridgehead atoms. The molecule has 0 amide bonds. The molecule has 0 aliphatic carbocycles. The summed E-state index contributed by atoms with van der Waals surface area (Å²) in [7, 11) is 0. The molecule has 0 saturated heterocycles. The first-order valence-corrected chi connectivity index (χ1v) is 7.10. The molecule has 0 aromatic heterocycles. The van der Waals surface area contributed by atoms with Crippen LogP contribution in [0.3, 0.4) is 0 Å². The first kappa shape index (κ1) is 13.4. The van der Waals surface area contributed by atoms with Gasteiger partial charge in [0, 0.05) is 30.6 Å². The van der Waals surface area contributed by atoms with Crippen LogP contribution >= 0.6 is 11.8 Å². The fourth-order valence-electron chi connectivity index (χ4n) is 1.65. The van der Waals surface area contributed by atoms with Gasteiger partial charge in [-0.15, -0.1) is 0 Å². The maximum atomic E-state index is 5.79. The van der Waals surface area contributed by atoms with Crippen molar-refractivity contribution in [2.75, 3.05) is 24.3 Å². The average molecular weight is 238 g/mol. The second-order valence-corrected chi connectivity index (χ2v) is 5.29. The lowest BCUT2D eigenvalue weighted by molar-refractivity contribution is 0.227. The zero-order valence-corrected chi connectivity index (χ0v) is 11.3. The molecule has 90 valence electrons. The van der Waals surface area contributed by atoms with Gasteiger partial charge < -0.3 is 5.73 Å². The molecule has 0 saturated carbocycles. The SMILES string of the molecule is CSCCN(Cc1cccc(N)c1)C(C)C. The first-order chi connectivity index (χ1) is 7.63. The second-order valence-electron chi connectivity index (χ2n) is 4.30. The lowest BCUT2D eigenvalue weighted by atomic mass is 10.1. The molecule has 2 nitrogen and oxygen atoms in total. The number of nitrogens with two attached hydrogens (primary N) is 1. The third-order valence-electron chi connectivity index (χ3n) is 2.65. The Hall–Kier alpha value is -0.670. The van der Waals surface area contributed by atoms with Crippen molar-refractivity contribution in [3.63, 3.8) is 0 Å². The molecule has 3 heteroatoms. The highest BCUT2D eigenvalue weighted by Crippen LogP contribution is 2.12. The van der Waals surface area contributed by atoms with E-state index < -0.39 is 0 Å². The van der Waals surface area contributed by atoms with Crippen LogP contribution in [0.4, 0.5) is 5.69 Å². The summed E-state index contributed by atoms with van der Waals surface area (Å²) in [6, 6.07) is 8.75. The number of thioether (sulfide) groups is 1. The maximum absolute atomic E-state index is 5.79. The molecule has 1 aromatic carbocycles. The second kappa shape index (κ2) is 6.81. The van der Waals surface area contributed by atoms with Crippen molar-refractivity contribution >= 4 is 17.4 Å². The van der Waals surface area contributed by atoms with Crippen molar-refractivity contribution in [2.45, 2.75) is 26.4 Å². The smallest absolute Gasteiger partial charge is 0.0317 e. The molecule has 0 radical (unpaired) electrons. The summed E-state index contributed by atoms with van der Waals surface area (Å²) < 4.78 is 0. The number of anilines is 1. The Balaban J connectivity index is 2.60. The molecule has 0 aliphatic heterocycles. The lowest BCUT2D eigenvalue weighted by Gasteiger charge is -2.26. The van der Waals surface area contributed by atoms with Crippen molar-refractivity contribution in [3.8, 4) is 0 Å². The molecule has 0 fully saturated rings. The van der Waals surface area contributed by atoms with Crippen LogP contribution in [0.5, 0.6) is 0 Å². The molecule has 16 heavy (non-hydrogen) atoms. The van der Waals surface area contributed by atoms with Gasteiger partial charge in [-0.3, -0.25) is 4.90 Å². The van der Waals surface area contributed by atoms with Gasteiger partial charge in [-0.2, -0.15) is 11.8 Å². The predicted molar refractivity (Wildman–Crippen MR) is 74.8 cm³/mol. The van der Waals surface area contributed by atoms with Crippen molar-refractivity contribution in [1.29, 1.82) is 0 Å². The normalized spacial score (nSPS) is 11.3. The highest BCUT2D eigenvalue weighted by atomic mass is 32.2. The summed E-state index contributed by atoms with van der Waals surface area (Å²) in [5.74, 6) is 1.18. The van der Waals surface area contributed by atoms with Gasteiger partial charge in [-0.05, 0) is 37.8 Å². The molecule has 0 aliphatic rings. The van der Waals surface area contributed by atoms with Crippen LogP contribution in [0.1, 0.15) is 19.4 Å². The van der Waals surface area contributed by atoms with Gasteiger partial charge in [0.1, 0.15) is 0 Å². The minimum atomic E-state index is 0.577. The largest absolute Gasteiger partial charge is 0.399 e. The van der Waals surface area contributed by atoms with Crippen LogP contribution in [-0.2, 0) is 6.54 Å². The Bertz CT molecular complexity index is 313. The van der Waals surface area contributed by atoms with E-state index in [0.717, 1.165) is 18.8 Å². The highest BCUT2D eigenvalue weighted by Gasteiger charge is 2.09. The van der Waals surface area contributed by atoms with Crippen LogP contribution in [-0.4, -0.2) is 29.5 Å². The monoisotopic (exact) mass is 238 g/mol. The Morgan fingerprint density at radius 3 is 2.69 bits per heavy atom. The third kappa shape index (κ3) is 4.45. The average Bonchev–Trinajstić information content (AvgIpc) is 2.24. The van der Waals surface area contributed by atoms with E-state index in [-0.39, 0.29) is 0 Å². The van der Waals surface area contributed by atoms with Gasteiger partial charge in [-0.25, -0.2) is 0 Å². The Morgan fingerprint density at radius 2 is 2.12 bits per heavy atom. The summed E-state index contributed by atoms with van der Waals surface area (Å²) in [4.78, 5) is 2.48. The number of nitrogens with zero attached hydrogens (tertiary/aromatic N) is 1. The third-order valence-corrected chi connectivity index (χ3v) is 3.24. The summed E-state index contributed by atoms with van der Waals surface area (Å²) in [5.41, 5.74) is 7.94. The van der Waals surface area contributed by atoms with Crippen LogP contribution in [0.25, 0.3) is 0 Å². The van der Waals surface area contributed by atoms with Gasteiger partial charge in [0.05, 0.1) is 0 Å². The summed E-state index contributed by atoms with van der Waals surface area (Å²) >= 11 is 1.89. The van der Waals surface area contributed by atoms with E-state index in [1.54, 1.807) is 0 Å². The van der Waals surface area contributed by atoms with Crippen LogP contribution in [0.2, 0.25) is 0 Å². The molecule has 0 heterocycles. The lowest BCUT2D eigenvalue weighted by Crippen LogP contribution is -2.32. The molecule has 0 atom stereocenters. The van der Waals surface area contributed by atoms with E-state index in [1.807, 2.05) is 23.9 Å². The van der Waals surface area contributed by atoms with E-state index in [9.17, 15) is 0 Å².